The van der Waals surface area contributed by atoms with Gasteiger partial charge in [0.25, 0.3) is 11.3 Å². The molecule has 2 aromatic heterocycles. The zero-order chi connectivity index (χ0) is 15.7. The summed E-state index contributed by atoms with van der Waals surface area (Å²) in [5.74, 6) is 5.76. The van der Waals surface area contributed by atoms with E-state index in [4.69, 9.17) is 10.6 Å². The fourth-order valence-corrected chi connectivity index (χ4v) is 2.86. The molecular formula is C13H13N5O3S. The molecule has 8 nitrogen and oxygen atoms in total. The fourth-order valence-electron chi connectivity index (χ4n) is 2.12. The molecule has 3 rings (SSSR count). The van der Waals surface area contributed by atoms with Crippen molar-refractivity contribution in [3.05, 3.63) is 34.6 Å². The van der Waals surface area contributed by atoms with Crippen molar-refractivity contribution >= 4 is 34.4 Å². The van der Waals surface area contributed by atoms with E-state index in [1.54, 1.807) is 29.5 Å². The SMILES string of the molecule is CCOC(=O)CSc1nnc2n(N)c(=O)c3ccccc3n12. The van der Waals surface area contributed by atoms with E-state index in [1.807, 2.05) is 6.07 Å². The predicted molar refractivity (Wildman–Crippen MR) is 82.3 cm³/mol. The molecule has 0 aliphatic rings. The normalized spacial score (nSPS) is 11.1. The molecule has 9 heteroatoms. The molecule has 0 saturated carbocycles. The third-order valence-electron chi connectivity index (χ3n) is 3.05. The van der Waals surface area contributed by atoms with Gasteiger partial charge in [-0.05, 0) is 19.1 Å². The smallest absolute Gasteiger partial charge is 0.316 e. The zero-order valence-electron chi connectivity index (χ0n) is 11.7. The van der Waals surface area contributed by atoms with E-state index in [2.05, 4.69) is 10.2 Å². The number of carbonyl (C=O) groups excluding carboxylic acids is 1. The van der Waals surface area contributed by atoms with Crippen LogP contribution in [0.25, 0.3) is 16.7 Å². The molecule has 0 fully saturated rings. The number of nitrogen functional groups attached to an aromatic ring is 1. The Balaban J connectivity index is 2.13. The van der Waals surface area contributed by atoms with Gasteiger partial charge in [-0.3, -0.25) is 14.0 Å². The summed E-state index contributed by atoms with van der Waals surface area (Å²) in [6, 6.07) is 7.02. The predicted octanol–water partition coefficient (Wildman–Crippen LogP) is 0.413. The lowest BCUT2D eigenvalue weighted by Crippen LogP contribution is -2.29. The Morgan fingerprint density at radius 1 is 1.36 bits per heavy atom. The number of rotatable bonds is 4. The number of fused-ring (bicyclic) bond motifs is 3. The molecule has 0 unspecified atom stereocenters. The van der Waals surface area contributed by atoms with E-state index in [1.165, 1.54) is 11.8 Å². The maximum atomic E-state index is 12.2. The number of para-hydroxylation sites is 1. The molecule has 0 radical (unpaired) electrons. The molecule has 0 aliphatic carbocycles. The van der Waals surface area contributed by atoms with Gasteiger partial charge in [0, 0.05) is 0 Å². The second kappa shape index (κ2) is 5.68. The Bertz CT molecular complexity index is 917. The Morgan fingerprint density at radius 2 is 2.14 bits per heavy atom. The highest BCUT2D eigenvalue weighted by Crippen LogP contribution is 2.20. The molecule has 1 aromatic carbocycles. The number of nitrogens with two attached hydrogens (primary N) is 1. The molecule has 22 heavy (non-hydrogen) atoms. The van der Waals surface area contributed by atoms with Crippen LogP contribution in [0.2, 0.25) is 0 Å². The van der Waals surface area contributed by atoms with Crippen molar-refractivity contribution in [1.29, 1.82) is 0 Å². The maximum absolute atomic E-state index is 12.2. The number of hydrogen-bond acceptors (Lipinski definition) is 7. The van der Waals surface area contributed by atoms with E-state index in [-0.39, 0.29) is 23.1 Å². The third-order valence-corrected chi connectivity index (χ3v) is 3.95. The van der Waals surface area contributed by atoms with Crippen LogP contribution in [0, 0.1) is 0 Å². The van der Waals surface area contributed by atoms with E-state index in [0.717, 1.165) is 4.68 Å². The van der Waals surface area contributed by atoms with Crippen molar-refractivity contribution in [1.82, 2.24) is 19.3 Å². The lowest BCUT2D eigenvalue weighted by Gasteiger charge is -2.07. The molecule has 114 valence electrons. The molecule has 3 aromatic rings. The first kappa shape index (κ1) is 14.4. The summed E-state index contributed by atoms with van der Waals surface area (Å²) < 4.78 is 7.49. The van der Waals surface area contributed by atoms with Crippen LogP contribution in [-0.4, -0.2) is 37.6 Å². The Hall–Kier alpha value is -2.55. The van der Waals surface area contributed by atoms with Gasteiger partial charge in [0.15, 0.2) is 5.16 Å². The van der Waals surface area contributed by atoms with Crippen LogP contribution >= 0.6 is 11.8 Å². The monoisotopic (exact) mass is 319 g/mol. The minimum atomic E-state index is -0.350. The average Bonchev–Trinajstić information content (AvgIpc) is 2.95. The Morgan fingerprint density at radius 3 is 2.91 bits per heavy atom. The summed E-state index contributed by atoms with van der Waals surface area (Å²) in [7, 11) is 0. The van der Waals surface area contributed by atoms with Gasteiger partial charge in [0.2, 0.25) is 0 Å². The van der Waals surface area contributed by atoms with Gasteiger partial charge in [0.1, 0.15) is 0 Å². The number of ether oxygens (including phenoxy) is 1. The first-order valence-electron chi connectivity index (χ1n) is 6.56. The van der Waals surface area contributed by atoms with Crippen molar-refractivity contribution in [2.24, 2.45) is 0 Å². The lowest BCUT2D eigenvalue weighted by atomic mass is 10.2. The van der Waals surface area contributed by atoms with Crippen LogP contribution in [0.3, 0.4) is 0 Å². The fraction of sp³-hybridized carbons (Fsp3) is 0.231. The van der Waals surface area contributed by atoms with Gasteiger partial charge in [-0.25, -0.2) is 0 Å². The molecule has 0 aliphatic heterocycles. The topological polar surface area (TPSA) is 105 Å². The molecule has 2 N–H and O–H groups in total. The van der Waals surface area contributed by atoms with Crippen LogP contribution in [0.5, 0.6) is 0 Å². The minimum Gasteiger partial charge on any atom is -0.465 e. The number of thioether (sulfide) groups is 1. The highest BCUT2D eigenvalue weighted by atomic mass is 32.2. The molecule has 0 spiro atoms. The summed E-state index contributed by atoms with van der Waals surface area (Å²) in [4.78, 5) is 23.7. The second-order valence-corrected chi connectivity index (χ2v) is 5.35. The molecule has 0 bridgehead atoms. The number of aromatic nitrogens is 4. The number of benzene rings is 1. The van der Waals surface area contributed by atoms with E-state index >= 15 is 0 Å². The summed E-state index contributed by atoms with van der Waals surface area (Å²) in [6.45, 7) is 2.07. The molecular weight excluding hydrogens is 306 g/mol. The van der Waals surface area contributed by atoms with Gasteiger partial charge in [-0.15, -0.1) is 10.2 Å². The van der Waals surface area contributed by atoms with Gasteiger partial charge in [-0.2, -0.15) is 4.68 Å². The molecule has 2 heterocycles. The summed E-state index contributed by atoms with van der Waals surface area (Å²) in [5.41, 5.74) is 0.290. The summed E-state index contributed by atoms with van der Waals surface area (Å²) >= 11 is 1.18. The van der Waals surface area contributed by atoms with Crippen LogP contribution in [0.15, 0.2) is 34.2 Å². The van der Waals surface area contributed by atoms with Crippen molar-refractivity contribution in [3.63, 3.8) is 0 Å². The van der Waals surface area contributed by atoms with Gasteiger partial charge < -0.3 is 10.6 Å². The molecule has 0 amide bonds. The van der Waals surface area contributed by atoms with Crippen LogP contribution < -0.4 is 11.4 Å². The van der Waals surface area contributed by atoms with Crippen molar-refractivity contribution < 1.29 is 9.53 Å². The summed E-state index contributed by atoms with van der Waals surface area (Å²) in [6.07, 6.45) is 0. The largest absolute Gasteiger partial charge is 0.465 e. The number of esters is 1. The highest BCUT2D eigenvalue weighted by molar-refractivity contribution is 7.99. The molecule has 0 saturated heterocycles. The number of hydrogen-bond donors (Lipinski definition) is 1. The number of carbonyl (C=O) groups is 1. The second-order valence-electron chi connectivity index (χ2n) is 4.40. The first-order valence-corrected chi connectivity index (χ1v) is 7.54. The molecule has 0 atom stereocenters. The Kier molecular flexibility index (Phi) is 3.72. The van der Waals surface area contributed by atoms with Gasteiger partial charge in [-0.1, -0.05) is 23.9 Å². The first-order chi connectivity index (χ1) is 10.6. The average molecular weight is 319 g/mol. The maximum Gasteiger partial charge on any atom is 0.316 e. The van der Waals surface area contributed by atoms with Crippen LogP contribution in [0.1, 0.15) is 6.92 Å². The standard InChI is InChI=1S/C13H13N5O3S/c1-2-21-10(19)7-22-13-16-15-12-17(13)9-6-4-3-5-8(9)11(20)18(12)14/h3-6H,2,7,14H2,1H3. The van der Waals surface area contributed by atoms with Gasteiger partial charge in [0.05, 0.1) is 23.3 Å². The minimum absolute atomic E-state index is 0.104. The number of nitrogens with zero attached hydrogens (tertiary/aromatic N) is 4. The van der Waals surface area contributed by atoms with Gasteiger partial charge >= 0.3 is 5.97 Å². The van der Waals surface area contributed by atoms with Crippen molar-refractivity contribution in [2.45, 2.75) is 12.1 Å². The zero-order valence-corrected chi connectivity index (χ0v) is 12.5. The van der Waals surface area contributed by atoms with Crippen LogP contribution in [-0.2, 0) is 9.53 Å². The highest BCUT2D eigenvalue weighted by Gasteiger charge is 2.16. The quantitative estimate of drug-likeness (QED) is 0.422. The van der Waals surface area contributed by atoms with Crippen LogP contribution in [0.4, 0.5) is 0 Å². The van der Waals surface area contributed by atoms with E-state index < -0.39 is 0 Å². The Labute approximate surface area is 128 Å². The van der Waals surface area contributed by atoms with E-state index in [0.29, 0.717) is 22.7 Å². The van der Waals surface area contributed by atoms with E-state index in [9.17, 15) is 9.59 Å². The van der Waals surface area contributed by atoms with Crippen molar-refractivity contribution in [3.8, 4) is 0 Å². The third kappa shape index (κ3) is 2.29. The van der Waals surface area contributed by atoms with Crippen molar-refractivity contribution in [2.75, 3.05) is 18.2 Å². The lowest BCUT2D eigenvalue weighted by molar-refractivity contribution is -0.139. The summed E-state index contributed by atoms with van der Waals surface area (Å²) in [5, 5.41) is 8.86.